The van der Waals surface area contributed by atoms with Crippen LogP contribution in [0.5, 0.6) is 0 Å². The monoisotopic (exact) mass is 363 g/mol. The summed E-state index contributed by atoms with van der Waals surface area (Å²) in [6.45, 7) is 3.75. The molecule has 0 aliphatic carbocycles. The van der Waals surface area contributed by atoms with E-state index in [9.17, 15) is 4.79 Å². The van der Waals surface area contributed by atoms with Gasteiger partial charge in [-0.25, -0.2) is 4.98 Å². The van der Waals surface area contributed by atoms with Crippen LogP contribution < -0.4 is 5.32 Å². The molecule has 0 radical (unpaired) electrons. The molecule has 3 heterocycles. The minimum atomic E-state index is -0.199. The molecular weight excluding hydrogens is 346 g/mol. The van der Waals surface area contributed by atoms with Crippen LogP contribution in [0.25, 0.3) is 0 Å². The molecule has 0 saturated heterocycles. The predicted molar refractivity (Wildman–Crippen MR) is 87.8 cm³/mol. The lowest BCUT2D eigenvalue weighted by atomic mass is 10.3. The smallest absolute Gasteiger partial charge is 0.227 e. The largest absolute Gasteiger partial charge is 0.360 e. The van der Waals surface area contributed by atoms with E-state index in [4.69, 9.17) is 9.05 Å². The Hall–Kier alpha value is -2.69. The summed E-state index contributed by atoms with van der Waals surface area (Å²) in [5, 5.41) is 17.8. The number of anilines is 1. The molecule has 0 aliphatic heterocycles. The summed E-state index contributed by atoms with van der Waals surface area (Å²) >= 11 is 1.42. The van der Waals surface area contributed by atoms with E-state index in [0.29, 0.717) is 40.6 Å². The molecule has 0 aromatic carbocycles. The Morgan fingerprint density at radius 2 is 2.20 bits per heavy atom. The maximum absolute atomic E-state index is 11.8. The molecule has 0 saturated carbocycles. The van der Waals surface area contributed by atoms with Gasteiger partial charge in [0.1, 0.15) is 11.6 Å². The number of aryl methyl sites for hydroxylation is 3. The van der Waals surface area contributed by atoms with E-state index < -0.39 is 0 Å². The highest BCUT2D eigenvalue weighted by Gasteiger charge is 2.12. The van der Waals surface area contributed by atoms with Crippen LogP contribution in [0.4, 0.5) is 5.82 Å². The van der Waals surface area contributed by atoms with E-state index in [0.717, 1.165) is 12.2 Å². The van der Waals surface area contributed by atoms with Gasteiger partial charge >= 0.3 is 0 Å². The Morgan fingerprint density at radius 3 is 2.92 bits per heavy atom. The highest BCUT2D eigenvalue weighted by Crippen LogP contribution is 2.17. The molecule has 3 aromatic rings. The molecule has 0 fully saturated rings. The fourth-order valence-electron chi connectivity index (χ4n) is 1.93. The van der Waals surface area contributed by atoms with Gasteiger partial charge in [-0.3, -0.25) is 9.89 Å². The molecule has 0 bridgehead atoms. The molecule has 11 heteroatoms. The number of amides is 1. The second kappa shape index (κ2) is 7.92. The van der Waals surface area contributed by atoms with Crippen LogP contribution in [0.1, 0.15) is 36.6 Å². The first-order chi connectivity index (χ1) is 12.1. The van der Waals surface area contributed by atoms with Crippen LogP contribution in [0.3, 0.4) is 0 Å². The Kier molecular flexibility index (Phi) is 5.43. The van der Waals surface area contributed by atoms with Crippen molar-refractivity contribution in [1.82, 2.24) is 30.5 Å². The predicted octanol–water partition coefficient (Wildman–Crippen LogP) is 1.91. The highest BCUT2D eigenvalue weighted by molar-refractivity contribution is 7.98. The summed E-state index contributed by atoms with van der Waals surface area (Å²) in [4.78, 5) is 20.4. The maximum Gasteiger partial charge on any atom is 0.227 e. The van der Waals surface area contributed by atoms with Crippen molar-refractivity contribution in [2.75, 3.05) is 5.32 Å². The van der Waals surface area contributed by atoms with Gasteiger partial charge < -0.3 is 14.4 Å². The lowest BCUT2D eigenvalue weighted by Crippen LogP contribution is -2.12. The third-order valence-corrected chi connectivity index (χ3v) is 3.99. The quantitative estimate of drug-likeness (QED) is 0.575. The van der Waals surface area contributed by atoms with Gasteiger partial charge in [-0.15, -0.1) is 5.10 Å². The van der Waals surface area contributed by atoms with Gasteiger partial charge in [0.15, 0.2) is 11.6 Å². The van der Waals surface area contributed by atoms with Crippen molar-refractivity contribution in [3.05, 3.63) is 29.4 Å². The van der Waals surface area contributed by atoms with Crippen molar-refractivity contribution in [3.8, 4) is 0 Å². The van der Waals surface area contributed by atoms with Crippen LogP contribution in [0.2, 0.25) is 0 Å². The summed E-state index contributed by atoms with van der Waals surface area (Å²) in [7, 11) is 0. The Bertz CT molecular complexity index is 841. The first kappa shape index (κ1) is 17.1. The first-order valence-electron chi connectivity index (χ1n) is 7.71. The van der Waals surface area contributed by atoms with Gasteiger partial charge in [0.05, 0.1) is 5.75 Å². The molecule has 25 heavy (non-hydrogen) atoms. The fraction of sp³-hybridized carbons (Fsp3) is 0.429. The number of nitrogens with one attached hydrogen (secondary N) is 2. The molecular formula is C14H17N7O3S. The van der Waals surface area contributed by atoms with E-state index in [1.165, 1.54) is 11.8 Å². The average molecular weight is 363 g/mol. The van der Waals surface area contributed by atoms with Gasteiger partial charge in [0.2, 0.25) is 17.0 Å². The second-order valence-corrected chi connectivity index (χ2v) is 6.12. The number of aromatic nitrogens is 6. The zero-order valence-corrected chi connectivity index (χ0v) is 14.6. The molecule has 3 aromatic heterocycles. The summed E-state index contributed by atoms with van der Waals surface area (Å²) in [5.74, 6) is 3.10. The Balaban J connectivity index is 1.44. The second-order valence-electron chi connectivity index (χ2n) is 5.18. The molecule has 1 amide bonds. The third kappa shape index (κ3) is 4.89. The van der Waals surface area contributed by atoms with Crippen LogP contribution in [0.15, 0.2) is 20.3 Å². The SMILES string of the molecule is CCc1nc(SCc2noc(CCC(=O)Nc3cc(C)on3)n2)n[nH]1. The number of thioether (sulfide) groups is 1. The zero-order valence-electron chi connectivity index (χ0n) is 13.8. The summed E-state index contributed by atoms with van der Waals surface area (Å²) in [6, 6.07) is 1.65. The third-order valence-electron chi connectivity index (χ3n) is 3.15. The van der Waals surface area contributed by atoms with Gasteiger partial charge in [0, 0.05) is 25.3 Å². The number of H-pyrrole nitrogens is 1. The fourth-order valence-corrected chi connectivity index (χ4v) is 2.59. The molecule has 2 N–H and O–H groups in total. The molecule has 0 unspecified atom stereocenters. The molecule has 0 atom stereocenters. The Labute approximate surface area is 147 Å². The molecule has 10 nitrogen and oxygen atoms in total. The van der Waals surface area contributed by atoms with Gasteiger partial charge in [0.25, 0.3) is 0 Å². The minimum absolute atomic E-state index is 0.199. The van der Waals surface area contributed by atoms with Crippen LogP contribution in [0, 0.1) is 6.92 Å². The van der Waals surface area contributed by atoms with Crippen molar-refractivity contribution >= 4 is 23.5 Å². The standard InChI is InChI=1S/C14H17N7O3S/c1-3-9-17-14(19-18-9)25-7-11-16-13(24-21-11)5-4-12(22)15-10-6-8(2)23-20-10/h6H,3-5,7H2,1-2H3,(H,15,20,22)(H,17,18,19). The van der Waals surface area contributed by atoms with Gasteiger partial charge in [-0.2, -0.15) is 4.98 Å². The molecule has 0 spiro atoms. The van der Waals surface area contributed by atoms with Gasteiger partial charge in [-0.05, 0) is 6.92 Å². The molecule has 132 valence electrons. The number of rotatable bonds is 8. The van der Waals surface area contributed by atoms with Crippen molar-refractivity contribution in [2.24, 2.45) is 0 Å². The van der Waals surface area contributed by atoms with Crippen LogP contribution >= 0.6 is 11.8 Å². The Morgan fingerprint density at radius 1 is 1.32 bits per heavy atom. The van der Waals surface area contributed by atoms with E-state index in [1.807, 2.05) is 6.92 Å². The topological polar surface area (TPSA) is 136 Å². The highest BCUT2D eigenvalue weighted by atomic mass is 32.2. The first-order valence-corrected chi connectivity index (χ1v) is 8.69. The number of nitrogens with zero attached hydrogens (tertiary/aromatic N) is 5. The van der Waals surface area contributed by atoms with Crippen molar-refractivity contribution in [3.63, 3.8) is 0 Å². The molecule has 3 rings (SSSR count). The van der Waals surface area contributed by atoms with Crippen molar-refractivity contribution in [2.45, 2.75) is 44.0 Å². The van der Waals surface area contributed by atoms with Crippen molar-refractivity contribution in [1.29, 1.82) is 0 Å². The number of carbonyl (C=O) groups excluding carboxylic acids is 1. The van der Waals surface area contributed by atoms with Crippen LogP contribution in [-0.2, 0) is 23.4 Å². The van der Waals surface area contributed by atoms with E-state index >= 15 is 0 Å². The summed E-state index contributed by atoms with van der Waals surface area (Å²) in [5.41, 5.74) is 0. The van der Waals surface area contributed by atoms with E-state index in [-0.39, 0.29) is 12.3 Å². The lowest BCUT2D eigenvalue weighted by Gasteiger charge is -1.98. The zero-order chi connectivity index (χ0) is 17.6. The minimum Gasteiger partial charge on any atom is -0.360 e. The number of hydrogen-bond acceptors (Lipinski definition) is 9. The summed E-state index contributed by atoms with van der Waals surface area (Å²) < 4.78 is 10.0. The average Bonchev–Trinajstić information content (AvgIpc) is 3.32. The number of carbonyl (C=O) groups is 1. The maximum atomic E-state index is 11.8. The van der Waals surface area contributed by atoms with Gasteiger partial charge in [-0.1, -0.05) is 29.0 Å². The normalized spacial score (nSPS) is 11.0. The van der Waals surface area contributed by atoms with Crippen molar-refractivity contribution < 1.29 is 13.8 Å². The lowest BCUT2D eigenvalue weighted by molar-refractivity contribution is -0.116. The van der Waals surface area contributed by atoms with E-state index in [2.05, 4.69) is 35.8 Å². The summed E-state index contributed by atoms with van der Waals surface area (Å²) in [6.07, 6.45) is 1.36. The van der Waals surface area contributed by atoms with E-state index in [1.54, 1.807) is 13.0 Å². The number of hydrogen-bond donors (Lipinski definition) is 2. The molecule has 0 aliphatic rings. The number of aromatic amines is 1. The van der Waals surface area contributed by atoms with Crippen LogP contribution in [-0.4, -0.2) is 36.4 Å².